The lowest BCUT2D eigenvalue weighted by Gasteiger charge is -2.15. The standard InChI is InChI=1S/C16H15FN2O/c17-12-5-3-6-13(10-12)18-16(20)19-15-9-8-11-4-1-2-7-14(11)15/h1-7,10,15H,8-9H2,(H2,18,19,20). The highest BCUT2D eigenvalue weighted by Gasteiger charge is 2.23. The molecular formula is C16H15FN2O. The van der Waals surface area contributed by atoms with E-state index in [9.17, 15) is 9.18 Å². The van der Waals surface area contributed by atoms with E-state index in [1.54, 1.807) is 12.1 Å². The monoisotopic (exact) mass is 270 g/mol. The van der Waals surface area contributed by atoms with Crippen LogP contribution in [0.25, 0.3) is 0 Å². The average molecular weight is 270 g/mol. The summed E-state index contributed by atoms with van der Waals surface area (Å²) in [6, 6.07) is 13.7. The van der Waals surface area contributed by atoms with Crippen molar-refractivity contribution >= 4 is 11.7 Å². The van der Waals surface area contributed by atoms with Gasteiger partial charge in [-0.1, -0.05) is 30.3 Å². The molecule has 4 heteroatoms. The van der Waals surface area contributed by atoms with Crippen molar-refractivity contribution in [2.24, 2.45) is 0 Å². The summed E-state index contributed by atoms with van der Waals surface area (Å²) in [7, 11) is 0. The number of hydrogen-bond donors (Lipinski definition) is 2. The van der Waals surface area contributed by atoms with E-state index in [4.69, 9.17) is 0 Å². The van der Waals surface area contributed by atoms with Gasteiger partial charge < -0.3 is 10.6 Å². The van der Waals surface area contributed by atoms with Crippen LogP contribution in [0.1, 0.15) is 23.6 Å². The largest absolute Gasteiger partial charge is 0.331 e. The predicted molar refractivity (Wildman–Crippen MR) is 76.1 cm³/mol. The topological polar surface area (TPSA) is 41.1 Å². The van der Waals surface area contributed by atoms with Crippen molar-refractivity contribution in [3.05, 3.63) is 65.5 Å². The van der Waals surface area contributed by atoms with Gasteiger partial charge in [0.05, 0.1) is 6.04 Å². The van der Waals surface area contributed by atoms with Gasteiger partial charge in [0.15, 0.2) is 0 Å². The van der Waals surface area contributed by atoms with Crippen LogP contribution in [0.4, 0.5) is 14.9 Å². The summed E-state index contributed by atoms with van der Waals surface area (Å²) in [4.78, 5) is 11.9. The molecule has 2 N–H and O–H groups in total. The van der Waals surface area contributed by atoms with Gasteiger partial charge in [0.2, 0.25) is 0 Å². The highest BCUT2D eigenvalue weighted by molar-refractivity contribution is 5.89. The summed E-state index contributed by atoms with van der Waals surface area (Å²) in [5.74, 6) is -0.367. The van der Waals surface area contributed by atoms with E-state index in [0.29, 0.717) is 5.69 Å². The first-order valence-corrected chi connectivity index (χ1v) is 6.63. The minimum absolute atomic E-state index is 0.0276. The second-order valence-electron chi connectivity index (χ2n) is 4.90. The molecule has 0 bridgehead atoms. The Kier molecular flexibility index (Phi) is 3.37. The summed E-state index contributed by atoms with van der Waals surface area (Å²) in [5, 5.41) is 5.58. The summed E-state index contributed by atoms with van der Waals surface area (Å²) < 4.78 is 13.0. The van der Waals surface area contributed by atoms with Crippen LogP contribution < -0.4 is 10.6 Å². The number of fused-ring (bicyclic) bond motifs is 1. The predicted octanol–water partition coefficient (Wildman–Crippen LogP) is 3.63. The first kappa shape index (κ1) is 12.7. The minimum atomic E-state index is -0.367. The molecule has 0 aromatic heterocycles. The fourth-order valence-electron chi connectivity index (χ4n) is 2.60. The fourth-order valence-corrected chi connectivity index (χ4v) is 2.60. The molecule has 0 saturated carbocycles. The molecule has 2 aromatic carbocycles. The van der Waals surface area contributed by atoms with E-state index >= 15 is 0 Å². The van der Waals surface area contributed by atoms with Crippen LogP contribution in [0, 0.1) is 5.82 Å². The molecule has 1 atom stereocenters. The zero-order valence-corrected chi connectivity index (χ0v) is 10.9. The van der Waals surface area contributed by atoms with Gasteiger partial charge >= 0.3 is 6.03 Å². The van der Waals surface area contributed by atoms with E-state index in [-0.39, 0.29) is 17.9 Å². The second-order valence-corrected chi connectivity index (χ2v) is 4.90. The molecule has 0 heterocycles. The van der Waals surface area contributed by atoms with E-state index < -0.39 is 0 Å². The number of urea groups is 1. The smallest absolute Gasteiger partial charge is 0.319 e. The molecule has 1 aliphatic carbocycles. The summed E-state index contributed by atoms with van der Waals surface area (Å²) >= 11 is 0. The molecule has 2 amide bonds. The van der Waals surface area contributed by atoms with Crippen LogP contribution >= 0.6 is 0 Å². The zero-order valence-electron chi connectivity index (χ0n) is 10.9. The molecule has 1 aliphatic rings. The Balaban J connectivity index is 1.66. The van der Waals surface area contributed by atoms with Crippen LogP contribution in [-0.2, 0) is 6.42 Å². The Hall–Kier alpha value is -2.36. The Morgan fingerprint density at radius 1 is 1.15 bits per heavy atom. The normalized spacial score (nSPS) is 16.6. The van der Waals surface area contributed by atoms with Crippen molar-refractivity contribution in [3.63, 3.8) is 0 Å². The molecule has 0 fully saturated rings. The Morgan fingerprint density at radius 2 is 2.00 bits per heavy atom. The van der Waals surface area contributed by atoms with Gasteiger partial charge in [0.25, 0.3) is 0 Å². The Labute approximate surface area is 116 Å². The number of benzene rings is 2. The molecule has 3 nitrogen and oxygen atoms in total. The number of anilines is 1. The van der Waals surface area contributed by atoms with Crippen molar-refractivity contribution in [1.29, 1.82) is 0 Å². The minimum Gasteiger partial charge on any atom is -0.331 e. The summed E-state index contributed by atoms with van der Waals surface area (Å²) in [6.07, 6.45) is 1.87. The van der Waals surface area contributed by atoms with Crippen LogP contribution in [0.15, 0.2) is 48.5 Å². The molecule has 2 aromatic rings. The molecule has 0 radical (unpaired) electrons. The molecule has 1 unspecified atom stereocenters. The van der Waals surface area contributed by atoms with Gasteiger partial charge in [-0.2, -0.15) is 0 Å². The third kappa shape index (κ3) is 2.64. The lowest BCUT2D eigenvalue weighted by atomic mass is 10.1. The van der Waals surface area contributed by atoms with Crippen LogP contribution in [0.5, 0.6) is 0 Å². The van der Waals surface area contributed by atoms with Gasteiger partial charge in [0.1, 0.15) is 5.82 Å². The molecule has 20 heavy (non-hydrogen) atoms. The Morgan fingerprint density at radius 3 is 2.85 bits per heavy atom. The summed E-state index contributed by atoms with van der Waals surface area (Å²) in [5.41, 5.74) is 2.90. The van der Waals surface area contributed by atoms with Crippen LogP contribution in [0.2, 0.25) is 0 Å². The van der Waals surface area contributed by atoms with E-state index in [1.807, 2.05) is 18.2 Å². The molecule has 0 spiro atoms. The van der Waals surface area contributed by atoms with Gasteiger partial charge in [-0.05, 0) is 42.2 Å². The number of aryl methyl sites for hydroxylation is 1. The molecule has 3 rings (SSSR count). The second kappa shape index (κ2) is 5.33. The van der Waals surface area contributed by atoms with Gasteiger partial charge in [-0.3, -0.25) is 0 Å². The third-order valence-corrected chi connectivity index (χ3v) is 3.52. The number of halogens is 1. The zero-order chi connectivity index (χ0) is 13.9. The maximum atomic E-state index is 13.0. The number of rotatable bonds is 2. The highest BCUT2D eigenvalue weighted by atomic mass is 19.1. The number of carbonyl (C=O) groups is 1. The first-order chi connectivity index (χ1) is 9.72. The van der Waals surface area contributed by atoms with Crippen LogP contribution in [-0.4, -0.2) is 6.03 Å². The number of nitrogens with one attached hydrogen (secondary N) is 2. The van der Waals surface area contributed by atoms with Crippen molar-refractivity contribution < 1.29 is 9.18 Å². The van der Waals surface area contributed by atoms with E-state index in [2.05, 4.69) is 16.7 Å². The lowest BCUT2D eigenvalue weighted by molar-refractivity contribution is 0.248. The molecular weight excluding hydrogens is 255 g/mol. The van der Waals surface area contributed by atoms with E-state index in [0.717, 1.165) is 12.8 Å². The van der Waals surface area contributed by atoms with Gasteiger partial charge in [-0.15, -0.1) is 0 Å². The Bertz CT molecular complexity index is 642. The fraction of sp³-hybridized carbons (Fsp3) is 0.188. The molecule has 0 saturated heterocycles. The van der Waals surface area contributed by atoms with Gasteiger partial charge in [-0.25, -0.2) is 9.18 Å². The quantitative estimate of drug-likeness (QED) is 0.859. The third-order valence-electron chi connectivity index (χ3n) is 3.52. The number of hydrogen-bond acceptors (Lipinski definition) is 1. The van der Waals surface area contributed by atoms with Crippen LogP contribution in [0.3, 0.4) is 0 Å². The lowest BCUT2D eigenvalue weighted by Crippen LogP contribution is -2.31. The molecule has 102 valence electrons. The van der Waals surface area contributed by atoms with Gasteiger partial charge in [0, 0.05) is 5.69 Å². The summed E-state index contributed by atoms with van der Waals surface area (Å²) in [6.45, 7) is 0. The van der Waals surface area contributed by atoms with Crippen molar-refractivity contribution in [2.45, 2.75) is 18.9 Å². The van der Waals surface area contributed by atoms with Crippen molar-refractivity contribution in [3.8, 4) is 0 Å². The maximum Gasteiger partial charge on any atom is 0.319 e. The highest BCUT2D eigenvalue weighted by Crippen LogP contribution is 2.30. The van der Waals surface area contributed by atoms with Crippen molar-refractivity contribution in [1.82, 2.24) is 5.32 Å². The average Bonchev–Trinajstić information content (AvgIpc) is 2.82. The first-order valence-electron chi connectivity index (χ1n) is 6.63. The SMILES string of the molecule is O=C(Nc1cccc(F)c1)NC1CCc2ccccc21. The number of amides is 2. The maximum absolute atomic E-state index is 13.0. The van der Waals surface area contributed by atoms with Crippen molar-refractivity contribution in [2.75, 3.05) is 5.32 Å². The number of carbonyl (C=O) groups excluding carboxylic acids is 1. The van der Waals surface area contributed by atoms with E-state index in [1.165, 1.54) is 23.3 Å². The molecule has 0 aliphatic heterocycles.